The molecule has 3 N–H and O–H groups in total. The molecular weight excluding hydrogens is 508 g/mol. The van der Waals surface area contributed by atoms with Crippen molar-refractivity contribution in [3.63, 3.8) is 0 Å². The number of ether oxygens (including phenoxy) is 2. The van der Waals surface area contributed by atoms with Crippen LogP contribution in [-0.4, -0.2) is 46.7 Å². The first-order valence-electron chi connectivity index (χ1n) is 11.4. The van der Waals surface area contributed by atoms with Crippen LogP contribution >= 0.6 is 0 Å². The lowest BCUT2D eigenvalue weighted by Gasteiger charge is -2.27. The number of allylic oxidation sites excluding steroid dienone is 4. The summed E-state index contributed by atoms with van der Waals surface area (Å²) in [4.78, 5) is 65.4. The van der Waals surface area contributed by atoms with Gasteiger partial charge < -0.3 is 14.6 Å². The van der Waals surface area contributed by atoms with Crippen LogP contribution in [0.5, 0.6) is 17.4 Å². The molecule has 0 saturated carbocycles. The van der Waals surface area contributed by atoms with Crippen molar-refractivity contribution in [3.8, 4) is 23.1 Å². The van der Waals surface area contributed by atoms with Crippen LogP contribution in [0.4, 0.5) is 10.5 Å². The fourth-order valence-corrected chi connectivity index (χ4v) is 3.80. The number of rotatable bonds is 7. The number of benzene rings is 2. The first-order chi connectivity index (χ1) is 18.8. The van der Waals surface area contributed by atoms with Crippen molar-refractivity contribution in [1.82, 2.24) is 14.9 Å². The Bertz CT molecular complexity index is 1680. The highest BCUT2D eigenvalue weighted by Crippen LogP contribution is 2.30. The molecule has 12 heteroatoms. The number of aromatic nitrogens is 2. The van der Waals surface area contributed by atoms with Gasteiger partial charge in [0, 0.05) is 0 Å². The molecule has 4 rings (SSSR count). The number of imide groups is 2. The summed E-state index contributed by atoms with van der Waals surface area (Å²) in [7, 11) is 2.78. The van der Waals surface area contributed by atoms with Crippen molar-refractivity contribution in [1.29, 1.82) is 0 Å². The minimum absolute atomic E-state index is 0.157. The van der Waals surface area contributed by atoms with E-state index >= 15 is 0 Å². The number of urea groups is 1. The Morgan fingerprint density at radius 2 is 1.44 bits per heavy atom. The summed E-state index contributed by atoms with van der Waals surface area (Å²) < 4.78 is 11.3. The summed E-state index contributed by atoms with van der Waals surface area (Å²) in [5.41, 5.74) is -1.88. The molecule has 1 aliphatic heterocycles. The summed E-state index contributed by atoms with van der Waals surface area (Å²) in [6, 6.07) is 11.8. The van der Waals surface area contributed by atoms with E-state index in [1.807, 2.05) is 0 Å². The zero-order valence-corrected chi connectivity index (χ0v) is 20.7. The van der Waals surface area contributed by atoms with Gasteiger partial charge >= 0.3 is 11.7 Å². The van der Waals surface area contributed by atoms with Crippen LogP contribution in [0.3, 0.4) is 0 Å². The van der Waals surface area contributed by atoms with Crippen LogP contribution in [0.25, 0.3) is 11.8 Å². The molecule has 1 aromatic heterocycles. The molecular formula is C27H22N4O8. The number of hydrogen-bond donors (Lipinski definition) is 3. The summed E-state index contributed by atoms with van der Waals surface area (Å²) in [6.07, 6.45) is 6.50. The van der Waals surface area contributed by atoms with Gasteiger partial charge in [-0.2, -0.15) is 0 Å². The molecule has 198 valence electrons. The van der Waals surface area contributed by atoms with Crippen LogP contribution < -0.4 is 30.9 Å². The van der Waals surface area contributed by atoms with E-state index in [0.717, 1.165) is 9.47 Å². The molecule has 0 unspecified atom stereocenters. The van der Waals surface area contributed by atoms with Gasteiger partial charge in [-0.25, -0.2) is 19.1 Å². The summed E-state index contributed by atoms with van der Waals surface area (Å²) in [6.45, 7) is 0. The highest BCUT2D eigenvalue weighted by atomic mass is 16.5. The molecule has 0 spiro atoms. The number of H-pyrrole nitrogens is 1. The number of aromatic hydroxyl groups is 1. The van der Waals surface area contributed by atoms with Gasteiger partial charge in [-0.1, -0.05) is 42.5 Å². The van der Waals surface area contributed by atoms with E-state index in [2.05, 4.69) is 10.3 Å². The van der Waals surface area contributed by atoms with Crippen LogP contribution in [0.15, 0.2) is 88.0 Å². The van der Waals surface area contributed by atoms with E-state index in [9.17, 15) is 29.1 Å². The second kappa shape index (κ2) is 11.2. The molecule has 1 fully saturated rings. The van der Waals surface area contributed by atoms with Crippen molar-refractivity contribution in [3.05, 3.63) is 105 Å². The summed E-state index contributed by atoms with van der Waals surface area (Å²) in [5, 5.41) is 12.8. The van der Waals surface area contributed by atoms with E-state index in [0.29, 0.717) is 5.75 Å². The van der Waals surface area contributed by atoms with Gasteiger partial charge in [0.1, 0.15) is 22.6 Å². The summed E-state index contributed by atoms with van der Waals surface area (Å²) in [5.74, 6) is -1.82. The second-order valence-electron chi connectivity index (χ2n) is 7.90. The van der Waals surface area contributed by atoms with E-state index in [1.165, 1.54) is 56.7 Å². The molecule has 12 nitrogen and oxygen atoms in total. The molecule has 2 heterocycles. The Morgan fingerprint density at radius 3 is 2.10 bits per heavy atom. The smallest absolute Gasteiger partial charge is 0.336 e. The van der Waals surface area contributed by atoms with Gasteiger partial charge in [0.2, 0.25) is 5.88 Å². The summed E-state index contributed by atoms with van der Waals surface area (Å²) >= 11 is 0. The van der Waals surface area contributed by atoms with Gasteiger partial charge in [-0.15, -0.1) is 0 Å². The van der Waals surface area contributed by atoms with Crippen molar-refractivity contribution >= 4 is 29.6 Å². The Labute approximate surface area is 220 Å². The fourth-order valence-electron chi connectivity index (χ4n) is 3.80. The molecule has 2 aromatic carbocycles. The SMILES string of the molecule is COc1ccccc1N1C(=O)NC(=O)\C(=C/C=C/C=C/c2c(O)n(-c3ccccc3OC)c(=O)[nH]c2=O)C1=O. The molecule has 0 atom stereocenters. The second-order valence-corrected chi connectivity index (χ2v) is 7.90. The number of nitrogens with zero attached hydrogens (tertiary/aromatic N) is 2. The number of carbonyl (C=O) groups excluding carboxylic acids is 3. The first kappa shape index (κ1) is 26.4. The van der Waals surface area contributed by atoms with Gasteiger partial charge in [-0.05, 0) is 36.4 Å². The number of anilines is 1. The van der Waals surface area contributed by atoms with Gasteiger partial charge in [-0.3, -0.25) is 24.7 Å². The van der Waals surface area contributed by atoms with Gasteiger partial charge in [0.05, 0.1) is 25.6 Å². The number of amides is 4. The van der Waals surface area contributed by atoms with Crippen molar-refractivity contribution in [2.75, 3.05) is 19.1 Å². The van der Waals surface area contributed by atoms with Gasteiger partial charge in [0.15, 0.2) is 0 Å². The highest BCUT2D eigenvalue weighted by Gasteiger charge is 2.37. The number of para-hydroxylation sites is 4. The number of barbiturate groups is 1. The Morgan fingerprint density at radius 1 is 0.821 bits per heavy atom. The zero-order valence-electron chi connectivity index (χ0n) is 20.7. The minimum atomic E-state index is -0.921. The highest BCUT2D eigenvalue weighted by molar-refractivity contribution is 6.37. The maximum atomic E-state index is 13.0. The normalized spacial score (nSPS) is 14.9. The van der Waals surface area contributed by atoms with Crippen LogP contribution in [0.2, 0.25) is 0 Å². The van der Waals surface area contributed by atoms with Crippen LogP contribution in [-0.2, 0) is 9.59 Å². The molecule has 39 heavy (non-hydrogen) atoms. The van der Waals surface area contributed by atoms with E-state index in [-0.39, 0.29) is 28.3 Å². The predicted molar refractivity (Wildman–Crippen MR) is 141 cm³/mol. The zero-order chi connectivity index (χ0) is 28.1. The number of carbonyl (C=O) groups is 3. The van der Waals surface area contributed by atoms with Crippen LogP contribution in [0, 0.1) is 0 Å². The monoisotopic (exact) mass is 530 g/mol. The molecule has 3 aromatic rings. The lowest BCUT2D eigenvalue weighted by Crippen LogP contribution is -2.54. The topological polar surface area (TPSA) is 160 Å². The molecule has 0 aliphatic carbocycles. The van der Waals surface area contributed by atoms with Crippen molar-refractivity contribution in [2.24, 2.45) is 0 Å². The number of aromatic amines is 1. The largest absolute Gasteiger partial charge is 0.495 e. The average Bonchev–Trinajstić information content (AvgIpc) is 2.92. The number of hydrogen-bond acceptors (Lipinski definition) is 8. The van der Waals surface area contributed by atoms with Crippen molar-refractivity contribution < 1.29 is 29.0 Å². The molecule has 1 saturated heterocycles. The van der Waals surface area contributed by atoms with Crippen LogP contribution in [0.1, 0.15) is 5.56 Å². The third-order valence-electron chi connectivity index (χ3n) is 5.62. The lowest BCUT2D eigenvalue weighted by molar-refractivity contribution is -0.122. The average molecular weight is 530 g/mol. The first-order valence-corrected chi connectivity index (χ1v) is 11.4. The Kier molecular flexibility index (Phi) is 7.57. The number of methoxy groups -OCH3 is 2. The third-order valence-corrected chi connectivity index (χ3v) is 5.62. The molecule has 0 bridgehead atoms. The molecule has 1 aliphatic rings. The molecule has 0 radical (unpaired) electrons. The van der Waals surface area contributed by atoms with E-state index in [1.54, 1.807) is 36.4 Å². The fraction of sp³-hybridized carbons (Fsp3) is 0.0741. The standard InChI is InChI=1S/C27H22N4O8/c1-38-20-14-8-6-12-18(20)30-24(34)16(22(32)28-26(30)36)10-4-3-5-11-17-23(33)29-27(37)31(25(17)35)19-13-7-9-15-21(19)39-2/h3-15,34H,1-2H3,(H,28,32,36)(H,29,33,37)/b5-3+,10-4+,17-11+. The molecule has 4 amide bonds. The quantitative estimate of drug-likeness (QED) is 0.238. The van der Waals surface area contributed by atoms with Gasteiger partial charge in [0.25, 0.3) is 17.4 Å². The Balaban J connectivity index is 1.62. The minimum Gasteiger partial charge on any atom is -0.495 e. The van der Waals surface area contributed by atoms with E-state index < -0.39 is 35.0 Å². The predicted octanol–water partition coefficient (Wildman–Crippen LogP) is 2.03. The van der Waals surface area contributed by atoms with Crippen molar-refractivity contribution in [2.45, 2.75) is 0 Å². The lowest BCUT2D eigenvalue weighted by atomic mass is 10.1. The number of nitrogens with one attached hydrogen (secondary N) is 2. The third kappa shape index (κ3) is 5.11. The Hall–Kier alpha value is -5.65. The van der Waals surface area contributed by atoms with E-state index in [4.69, 9.17) is 9.47 Å². The maximum absolute atomic E-state index is 13.0. The maximum Gasteiger partial charge on any atom is 0.336 e.